The van der Waals surface area contributed by atoms with E-state index in [1.807, 2.05) is 0 Å². The summed E-state index contributed by atoms with van der Waals surface area (Å²) in [7, 11) is 0. The number of pyridine rings is 1. The number of rotatable bonds is 4. The fourth-order valence-electron chi connectivity index (χ4n) is 2.81. The van der Waals surface area contributed by atoms with Gasteiger partial charge in [-0.15, -0.1) is 0 Å². The van der Waals surface area contributed by atoms with Gasteiger partial charge in [0.2, 0.25) is 0 Å². The van der Waals surface area contributed by atoms with Crippen LogP contribution >= 0.6 is 11.6 Å². The summed E-state index contributed by atoms with van der Waals surface area (Å²) in [6.45, 7) is 5.20. The smallest absolute Gasteiger partial charge is 0.407 e. The standard InChI is InChI=1S/C20H19ClF2N4O3/c1-20(2,3)30-19(29)25-7-6-15-26-17-14(23)5-4-13(21)16(17)18(28)27(15)12-8-11(22)9-24-10-12/h4-5,8-10H,6-7H2,1-3H3,(H,25,29). The van der Waals surface area contributed by atoms with Crippen LogP contribution in [-0.4, -0.2) is 32.8 Å². The highest BCUT2D eigenvalue weighted by molar-refractivity contribution is 6.35. The fourth-order valence-corrected chi connectivity index (χ4v) is 3.04. The highest BCUT2D eigenvalue weighted by Gasteiger charge is 2.19. The summed E-state index contributed by atoms with van der Waals surface area (Å²) in [5, 5.41) is 2.43. The second kappa shape index (κ2) is 8.35. The Kier molecular flexibility index (Phi) is 6.02. The van der Waals surface area contributed by atoms with E-state index in [4.69, 9.17) is 16.3 Å². The third-order valence-electron chi connectivity index (χ3n) is 3.96. The molecule has 7 nitrogen and oxygen atoms in total. The number of carbonyl (C=O) groups is 1. The summed E-state index contributed by atoms with van der Waals surface area (Å²) in [6.07, 6.45) is 1.64. The van der Waals surface area contributed by atoms with Crippen LogP contribution in [0.2, 0.25) is 5.02 Å². The first-order valence-electron chi connectivity index (χ1n) is 9.04. The van der Waals surface area contributed by atoms with Crippen molar-refractivity contribution in [2.45, 2.75) is 32.8 Å². The number of hydrogen-bond acceptors (Lipinski definition) is 5. The predicted molar refractivity (Wildman–Crippen MR) is 108 cm³/mol. The lowest BCUT2D eigenvalue weighted by atomic mass is 10.2. The zero-order valence-electron chi connectivity index (χ0n) is 16.5. The van der Waals surface area contributed by atoms with Gasteiger partial charge in [0.05, 0.1) is 28.5 Å². The number of alkyl carbamates (subject to hydrolysis) is 1. The first-order valence-corrected chi connectivity index (χ1v) is 9.42. The highest BCUT2D eigenvalue weighted by Crippen LogP contribution is 2.23. The van der Waals surface area contributed by atoms with E-state index in [1.54, 1.807) is 20.8 Å². The van der Waals surface area contributed by atoms with Gasteiger partial charge >= 0.3 is 6.09 Å². The monoisotopic (exact) mass is 436 g/mol. The maximum atomic E-state index is 14.3. The molecule has 0 saturated heterocycles. The van der Waals surface area contributed by atoms with E-state index in [9.17, 15) is 18.4 Å². The molecule has 3 rings (SSSR count). The normalized spacial score (nSPS) is 11.5. The average Bonchev–Trinajstić information content (AvgIpc) is 2.63. The van der Waals surface area contributed by atoms with E-state index in [0.717, 1.165) is 22.9 Å². The molecule has 3 aromatic rings. The van der Waals surface area contributed by atoms with E-state index >= 15 is 0 Å². The average molecular weight is 437 g/mol. The lowest BCUT2D eigenvalue weighted by Crippen LogP contribution is -2.34. The molecule has 0 atom stereocenters. The zero-order valence-corrected chi connectivity index (χ0v) is 17.3. The first-order chi connectivity index (χ1) is 14.1. The van der Waals surface area contributed by atoms with Crippen molar-refractivity contribution in [3.63, 3.8) is 0 Å². The lowest BCUT2D eigenvalue weighted by molar-refractivity contribution is 0.0528. The molecule has 0 aliphatic heterocycles. The van der Waals surface area contributed by atoms with Crippen LogP contribution in [0.5, 0.6) is 0 Å². The molecule has 158 valence electrons. The van der Waals surface area contributed by atoms with Crippen molar-refractivity contribution in [2.24, 2.45) is 0 Å². The number of nitrogens with one attached hydrogen (secondary N) is 1. The van der Waals surface area contributed by atoms with Crippen molar-refractivity contribution < 1.29 is 18.3 Å². The van der Waals surface area contributed by atoms with Gasteiger partial charge in [-0.1, -0.05) is 11.6 Å². The minimum absolute atomic E-state index is 0.0143. The van der Waals surface area contributed by atoms with Gasteiger partial charge in [-0.05, 0) is 32.9 Å². The van der Waals surface area contributed by atoms with Crippen LogP contribution in [0.1, 0.15) is 26.6 Å². The summed E-state index contributed by atoms with van der Waals surface area (Å²) in [6, 6.07) is 3.45. The molecule has 2 heterocycles. The van der Waals surface area contributed by atoms with Gasteiger partial charge in [-0.3, -0.25) is 14.3 Å². The number of hydrogen-bond donors (Lipinski definition) is 1. The van der Waals surface area contributed by atoms with Crippen molar-refractivity contribution >= 4 is 28.6 Å². The van der Waals surface area contributed by atoms with Crippen molar-refractivity contribution in [1.29, 1.82) is 0 Å². The Hall–Kier alpha value is -3.07. The Morgan fingerprint density at radius 2 is 2.00 bits per heavy atom. The van der Waals surface area contributed by atoms with Crippen LogP contribution in [0.15, 0.2) is 35.4 Å². The van der Waals surface area contributed by atoms with Gasteiger partial charge in [0.15, 0.2) is 0 Å². The molecule has 0 radical (unpaired) electrons. The van der Waals surface area contributed by atoms with Crippen LogP contribution in [-0.2, 0) is 11.2 Å². The van der Waals surface area contributed by atoms with Crippen LogP contribution in [0, 0.1) is 11.6 Å². The van der Waals surface area contributed by atoms with E-state index in [1.165, 1.54) is 12.3 Å². The maximum Gasteiger partial charge on any atom is 0.407 e. The molecule has 0 bridgehead atoms. The second-order valence-corrected chi connectivity index (χ2v) is 7.87. The first kappa shape index (κ1) is 21.6. The van der Waals surface area contributed by atoms with Crippen LogP contribution in [0.3, 0.4) is 0 Å². The van der Waals surface area contributed by atoms with Crippen molar-refractivity contribution in [3.05, 3.63) is 63.4 Å². The zero-order chi connectivity index (χ0) is 22.1. The van der Waals surface area contributed by atoms with Gasteiger partial charge in [-0.2, -0.15) is 0 Å². The third kappa shape index (κ3) is 4.73. The molecule has 1 aromatic carbocycles. The van der Waals surface area contributed by atoms with Crippen molar-refractivity contribution in [1.82, 2.24) is 19.9 Å². The lowest BCUT2D eigenvalue weighted by Gasteiger charge is -2.20. The Morgan fingerprint density at radius 3 is 2.67 bits per heavy atom. The summed E-state index contributed by atoms with van der Waals surface area (Å²) in [4.78, 5) is 33.0. The number of ether oxygens (including phenoxy) is 1. The molecule has 30 heavy (non-hydrogen) atoms. The van der Waals surface area contributed by atoms with Crippen LogP contribution in [0.25, 0.3) is 16.6 Å². The minimum Gasteiger partial charge on any atom is -0.444 e. The Balaban J connectivity index is 2.06. The molecule has 0 unspecified atom stereocenters. The minimum atomic E-state index is -0.725. The Bertz CT molecular complexity index is 1180. The van der Waals surface area contributed by atoms with Gasteiger partial charge in [-0.25, -0.2) is 18.6 Å². The second-order valence-electron chi connectivity index (χ2n) is 7.46. The SMILES string of the molecule is CC(C)(C)OC(=O)NCCc1nc2c(F)ccc(Cl)c2c(=O)n1-c1cncc(F)c1. The van der Waals surface area contributed by atoms with E-state index < -0.39 is 28.9 Å². The molecular weight excluding hydrogens is 418 g/mol. The molecule has 0 saturated carbocycles. The number of carbonyl (C=O) groups excluding carboxylic acids is 1. The topological polar surface area (TPSA) is 86.1 Å². The highest BCUT2D eigenvalue weighted by atomic mass is 35.5. The summed E-state index contributed by atoms with van der Waals surface area (Å²) >= 11 is 6.10. The molecule has 0 spiro atoms. The summed E-state index contributed by atoms with van der Waals surface area (Å²) < 4.78 is 34.3. The molecule has 1 N–H and O–H groups in total. The van der Waals surface area contributed by atoms with Crippen LogP contribution in [0.4, 0.5) is 13.6 Å². The molecule has 10 heteroatoms. The Labute approximate surface area is 175 Å². The largest absolute Gasteiger partial charge is 0.444 e. The van der Waals surface area contributed by atoms with E-state index in [-0.39, 0.29) is 40.4 Å². The fraction of sp³-hybridized carbons (Fsp3) is 0.300. The van der Waals surface area contributed by atoms with Crippen molar-refractivity contribution in [3.8, 4) is 5.69 Å². The van der Waals surface area contributed by atoms with Gasteiger partial charge in [0.1, 0.15) is 28.6 Å². The number of nitrogens with zero attached hydrogens (tertiary/aromatic N) is 3. The van der Waals surface area contributed by atoms with E-state index in [0.29, 0.717) is 0 Å². The molecule has 0 aliphatic rings. The molecule has 0 fully saturated rings. The molecule has 2 aromatic heterocycles. The molecule has 1 amide bonds. The maximum absolute atomic E-state index is 14.3. The van der Waals surface area contributed by atoms with Gasteiger partial charge < -0.3 is 10.1 Å². The van der Waals surface area contributed by atoms with Crippen molar-refractivity contribution in [2.75, 3.05) is 6.54 Å². The number of fused-ring (bicyclic) bond motifs is 1. The number of benzene rings is 1. The number of amides is 1. The summed E-state index contributed by atoms with van der Waals surface area (Å²) in [5.41, 5.74) is -1.47. The predicted octanol–water partition coefficient (Wildman–Crippen LogP) is 3.78. The van der Waals surface area contributed by atoms with E-state index in [2.05, 4.69) is 15.3 Å². The number of halogens is 3. The Morgan fingerprint density at radius 1 is 1.27 bits per heavy atom. The van der Waals surface area contributed by atoms with Crippen LogP contribution < -0.4 is 10.9 Å². The quantitative estimate of drug-likeness (QED) is 0.672. The molecular formula is C20H19ClF2N4O3. The van der Waals surface area contributed by atoms with Gasteiger partial charge in [0, 0.05) is 19.0 Å². The summed E-state index contributed by atoms with van der Waals surface area (Å²) in [5.74, 6) is -1.29. The third-order valence-corrected chi connectivity index (χ3v) is 4.27. The van der Waals surface area contributed by atoms with Gasteiger partial charge in [0.25, 0.3) is 5.56 Å². The molecule has 0 aliphatic carbocycles. The number of aromatic nitrogens is 3.